The van der Waals surface area contributed by atoms with Gasteiger partial charge in [-0.2, -0.15) is 0 Å². The van der Waals surface area contributed by atoms with Crippen molar-refractivity contribution in [3.63, 3.8) is 0 Å². The second kappa shape index (κ2) is 10.5. The van der Waals surface area contributed by atoms with Crippen molar-refractivity contribution in [2.24, 2.45) is 0 Å². The van der Waals surface area contributed by atoms with Crippen LogP contribution in [0.3, 0.4) is 0 Å². The van der Waals surface area contributed by atoms with Gasteiger partial charge in [-0.05, 0) is 31.5 Å². The summed E-state index contributed by atoms with van der Waals surface area (Å²) in [5.74, 6) is -2.55. The smallest absolute Gasteiger partial charge is 0.339 e. The number of carbonyl (C=O) groups excluding carboxylic acids is 5. The van der Waals surface area contributed by atoms with Crippen molar-refractivity contribution >= 4 is 29.7 Å². The maximum Gasteiger partial charge on any atom is 0.339 e. The minimum absolute atomic E-state index is 0.0129. The first kappa shape index (κ1) is 23.6. The number of benzene rings is 2. The number of nitrogens with one attached hydrogen (secondary N) is 2. The van der Waals surface area contributed by atoms with E-state index in [-0.39, 0.29) is 16.7 Å². The summed E-state index contributed by atoms with van der Waals surface area (Å²) in [6, 6.07) is 11.6. The monoisotopic (exact) mass is 451 g/mol. The molecule has 33 heavy (non-hydrogen) atoms. The van der Waals surface area contributed by atoms with E-state index in [1.54, 1.807) is 37.3 Å². The first-order valence-corrected chi connectivity index (χ1v) is 10.7. The zero-order chi connectivity index (χ0) is 24.0. The molecule has 0 aromatic heterocycles. The molecule has 1 heterocycles. The van der Waals surface area contributed by atoms with Gasteiger partial charge in [-0.3, -0.25) is 24.6 Å². The molecule has 2 N–H and O–H groups in total. The van der Waals surface area contributed by atoms with Crippen LogP contribution in [0.1, 0.15) is 69.4 Å². The summed E-state index contributed by atoms with van der Waals surface area (Å²) in [4.78, 5) is 63.7. The maximum atomic E-state index is 12.9. The number of imide groups is 2. The molecule has 9 heteroatoms. The molecule has 0 spiro atoms. The van der Waals surface area contributed by atoms with Gasteiger partial charge in [0, 0.05) is 18.7 Å². The minimum Gasteiger partial charge on any atom is -0.444 e. The Morgan fingerprint density at radius 3 is 2.33 bits per heavy atom. The maximum absolute atomic E-state index is 12.9. The predicted molar refractivity (Wildman–Crippen MR) is 119 cm³/mol. The van der Waals surface area contributed by atoms with Crippen LogP contribution in [0.2, 0.25) is 0 Å². The minimum atomic E-state index is -1.40. The highest BCUT2D eigenvalue weighted by atomic mass is 16.5. The Morgan fingerprint density at radius 1 is 0.970 bits per heavy atom. The number of nitrogens with zero attached hydrogens (tertiary/aromatic N) is 1. The Kier molecular flexibility index (Phi) is 7.55. The number of esters is 1. The number of hydrogen-bond acceptors (Lipinski definition) is 6. The van der Waals surface area contributed by atoms with Gasteiger partial charge < -0.3 is 10.1 Å². The number of carbonyl (C=O) groups is 5. The fourth-order valence-corrected chi connectivity index (χ4v) is 3.40. The zero-order valence-electron chi connectivity index (χ0n) is 18.4. The first-order chi connectivity index (χ1) is 15.9. The number of urea groups is 1. The van der Waals surface area contributed by atoms with Crippen molar-refractivity contribution in [3.8, 4) is 0 Å². The number of ether oxygens (including phenoxy) is 1. The van der Waals surface area contributed by atoms with Gasteiger partial charge in [0.15, 0.2) is 0 Å². The van der Waals surface area contributed by atoms with Gasteiger partial charge in [0.25, 0.3) is 17.7 Å². The van der Waals surface area contributed by atoms with Gasteiger partial charge in [-0.15, -0.1) is 0 Å². The third kappa shape index (κ3) is 5.25. The summed E-state index contributed by atoms with van der Waals surface area (Å²) in [6.45, 7) is 4.27. The Bertz CT molecular complexity index is 1080. The molecular weight excluding hydrogens is 426 g/mol. The fourth-order valence-electron chi connectivity index (χ4n) is 3.40. The average molecular weight is 451 g/mol. The SMILES string of the molecule is CCCCN1C(=O)c2ccc(C(=O)OC(C(=O)NC(=O)NCC)c3ccccc3)cc2C1=O. The molecule has 5 amide bonds. The number of hydrogen-bond donors (Lipinski definition) is 2. The van der Waals surface area contributed by atoms with Crippen LogP contribution >= 0.6 is 0 Å². The van der Waals surface area contributed by atoms with Crippen LogP contribution in [0.25, 0.3) is 0 Å². The lowest BCUT2D eigenvalue weighted by Gasteiger charge is -2.18. The topological polar surface area (TPSA) is 122 Å². The molecule has 0 bridgehead atoms. The first-order valence-electron chi connectivity index (χ1n) is 10.7. The van der Waals surface area contributed by atoms with Gasteiger partial charge in [0.2, 0.25) is 6.10 Å². The molecule has 172 valence electrons. The van der Waals surface area contributed by atoms with Crippen LogP contribution in [0.4, 0.5) is 4.79 Å². The van der Waals surface area contributed by atoms with E-state index < -0.39 is 35.8 Å². The van der Waals surface area contributed by atoms with Crippen LogP contribution in [0, 0.1) is 0 Å². The van der Waals surface area contributed by atoms with E-state index in [0.717, 1.165) is 11.3 Å². The third-order valence-electron chi connectivity index (χ3n) is 5.08. The van der Waals surface area contributed by atoms with E-state index in [1.807, 2.05) is 6.92 Å². The quantitative estimate of drug-likeness (QED) is 0.470. The molecule has 1 aliphatic heterocycles. The highest BCUT2D eigenvalue weighted by Gasteiger charge is 2.36. The lowest BCUT2D eigenvalue weighted by Crippen LogP contribution is -2.42. The standard InChI is InChI=1S/C24H25N3O6/c1-3-5-13-27-21(29)17-12-11-16(14-18(17)22(27)30)23(31)33-19(15-9-7-6-8-10-15)20(28)26-24(32)25-4-2/h6-12,14,19H,3-5,13H2,1-2H3,(H2,25,26,28,32). The second-order valence-electron chi connectivity index (χ2n) is 7.42. The van der Waals surface area contributed by atoms with Gasteiger partial charge in [-0.1, -0.05) is 43.7 Å². The normalized spacial score (nSPS) is 13.3. The average Bonchev–Trinajstić information content (AvgIpc) is 3.05. The van der Waals surface area contributed by atoms with Gasteiger partial charge in [-0.25, -0.2) is 9.59 Å². The molecule has 3 rings (SSSR count). The van der Waals surface area contributed by atoms with Crippen molar-refractivity contribution in [3.05, 3.63) is 70.8 Å². The zero-order valence-corrected chi connectivity index (χ0v) is 18.4. The van der Waals surface area contributed by atoms with Crippen molar-refractivity contribution in [1.82, 2.24) is 15.5 Å². The van der Waals surface area contributed by atoms with E-state index in [9.17, 15) is 24.0 Å². The van der Waals surface area contributed by atoms with Crippen molar-refractivity contribution in [1.29, 1.82) is 0 Å². The molecule has 1 atom stereocenters. The predicted octanol–water partition coefficient (Wildman–Crippen LogP) is 2.83. The van der Waals surface area contributed by atoms with Crippen LogP contribution in [0.15, 0.2) is 48.5 Å². The lowest BCUT2D eigenvalue weighted by molar-refractivity contribution is -0.129. The second-order valence-corrected chi connectivity index (χ2v) is 7.42. The van der Waals surface area contributed by atoms with E-state index in [4.69, 9.17) is 4.74 Å². The molecule has 0 saturated heterocycles. The van der Waals surface area contributed by atoms with Crippen molar-refractivity contribution in [2.45, 2.75) is 32.8 Å². The number of rotatable bonds is 8. The van der Waals surface area contributed by atoms with Crippen LogP contribution in [-0.2, 0) is 9.53 Å². The van der Waals surface area contributed by atoms with E-state index in [0.29, 0.717) is 25.1 Å². The van der Waals surface area contributed by atoms with E-state index in [2.05, 4.69) is 10.6 Å². The van der Waals surface area contributed by atoms with Gasteiger partial charge in [0.05, 0.1) is 16.7 Å². The molecule has 0 aliphatic carbocycles. The largest absolute Gasteiger partial charge is 0.444 e. The number of fused-ring (bicyclic) bond motifs is 1. The van der Waals surface area contributed by atoms with Crippen LogP contribution in [-0.4, -0.2) is 47.7 Å². The summed E-state index contributed by atoms with van der Waals surface area (Å²) in [5, 5.41) is 4.58. The Labute approximate surface area is 191 Å². The Hall–Kier alpha value is -4.01. The molecule has 1 aliphatic rings. The summed E-state index contributed by atoms with van der Waals surface area (Å²) < 4.78 is 5.44. The van der Waals surface area contributed by atoms with E-state index in [1.165, 1.54) is 18.2 Å². The Balaban J connectivity index is 1.83. The molecule has 1 unspecified atom stereocenters. The van der Waals surface area contributed by atoms with Crippen molar-refractivity contribution < 1.29 is 28.7 Å². The fraction of sp³-hybridized carbons (Fsp3) is 0.292. The van der Waals surface area contributed by atoms with Crippen LogP contribution in [0.5, 0.6) is 0 Å². The molecule has 0 radical (unpaired) electrons. The summed E-state index contributed by atoms with van der Waals surface area (Å²) in [6.07, 6.45) is 0.109. The summed E-state index contributed by atoms with van der Waals surface area (Å²) in [5.41, 5.74) is 0.722. The lowest BCUT2D eigenvalue weighted by atomic mass is 10.1. The molecule has 2 aromatic carbocycles. The summed E-state index contributed by atoms with van der Waals surface area (Å²) in [7, 11) is 0. The molecule has 0 fully saturated rings. The molecule has 9 nitrogen and oxygen atoms in total. The molecule has 0 saturated carbocycles. The van der Waals surface area contributed by atoms with Crippen molar-refractivity contribution in [2.75, 3.05) is 13.1 Å². The van der Waals surface area contributed by atoms with E-state index >= 15 is 0 Å². The third-order valence-corrected chi connectivity index (χ3v) is 5.08. The highest BCUT2D eigenvalue weighted by Crippen LogP contribution is 2.26. The molecule has 2 aromatic rings. The highest BCUT2D eigenvalue weighted by molar-refractivity contribution is 6.22. The van der Waals surface area contributed by atoms with Crippen LogP contribution < -0.4 is 10.6 Å². The number of unbranched alkanes of at least 4 members (excludes halogenated alkanes) is 1. The Morgan fingerprint density at radius 2 is 1.67 bits per heavy atom. The van der Waals surface area contributed by atoms with Gasteiger partial charge >= 0.3 is 12.0 Å². The molecular formula is C24H25N3O6. The van der Waals surface area contributed by atoms with Gasteiger partial charge in [0.1, 0.15) is 0 Å². The number of amides is 5. The summed E-state index contributed by atoms with van der Waals surface area (Å²) >= 11 is 0.